The van der Waals surface area contributed by atoms with E-state index < -0.39 is 0 Å². The van der Waals surface area contributed by atoms with Crippen LogP contribution in [0.15, 0.2) is 59.2 Å². The first kappa shape index (κ1) is 14.1. The highest BCUT2D eigenvalue weighted by atomic mass is 32.1. The van der Waals surface area contributed by atoms with Gasteiger partial charge < -0.3 is 4.42 Å². The molecule has 21 heavy (non-hydrogen) atoms. The van der Waals surface area contributed by atoms with Gasteiger partial charge in [-0.1, -0.05) is 30.3 Å². The minimum absolute atomic E-state index is 0.0841. The summed E-state index contributed by atoms with van der Waals surface area (Å²) in [5.41, 5.74) is 2.59. The Kier molecular flexibility index (Phi) is 4.23. The second kappa shape index (κ2) is 6.29. The van der Waals surface area contributed by atoms with Crippen LogP contribution in [-0.4, -0.2) is 0 Å². The van der Waals surface area contributed by atoms with Crippen LogP contribution in [0.4, 0.5) is 0 Å². The van der Waals surface area contributed by atoms with Gasteiger partial charge in [0.25, 0.3) is 0 Å². The van der Waals surface area contributed by atoms with Crippen molar-refractivity contribution >= 4 is 11.3 Å². The predicted molar refractivity (Wildman–Crippen MR) is 87.6 cm³/mol. The van der Waals surface area contributed by atoms with E-state index in [4.69, 9.17) is 4.42 Å². The average molecular weight is 297 g/mol. The first-order chi connectivity index (χ1) is 10.2. The molecule has 0 fully saturated rings. The smallest absolute Gasteiger partial charge is 0.125 e. The molecule has 0 amide bonds. The highest BCUT2D eigenvalue weighted by Gasteiger charge is 2.16. The Bertz CT molecular complexity index is 685. The number of nitrogens with one attached hydrogen (secondary N) is 1. The topological polar surface area (TPSA) is 25.2 Å². The van der Waals surface area contributed by atoms with Gasteiger partial charge in [-0.3, -0.25) is 5.32 Å². The van der Waals surface area contributed by atoms with Crippen LogP contribution in [0.5, 0.6) is 0 Å². The summed E-state index contributed by atoms with van der Waals surface area (Å²) in [6.45, 7) is 5.18. The van der Waals surface area contributed by atoms with Crippen molar-refractivity contribution in [2.24, 2.45) is 0 Å². The minimum Gasteiger partial charge on any atom is -0.467 e. The third kappa shape index (κ3) is 3.26. The van der Waals surface area contributed by atoms with E-state index in [9.17, 15) is 0 Å². The minimum atomic E-state index is 0.0841. The number of hydrogen-bond acceptors (Lipinski definition) is 3. The van der Waals surface area contributed by atoms with E-state index in [1.54, 1.807) is 6.26 Å². The van der Waals surface area contributed by atoms with E-state index in [2.05, 4.69) is 49.5 Å². The van der Waals surface area contributed by atoms with E-state index in [1.165, 1.54) is 20.9 Å². The van der Waals surface area contributed by atoms with Gasteiger partial charge >= 0.3 is 0 Å². The van der Waals surface area contributed by atoms with Crippen molar-refractivity contribution in [3.05, 3.63) is 81.4 Å². The van der Waals surface area contributed by atoms with Crippen molar-refractivity contribution in [3.63, 3.8) is 0 Å². The summed E-state index contributed by atoms with van der Waals surface area (Å²) < 4.78 is 5.61. The number of aryl methyl sites for hydroxylation is 2. The quantitative estimate of drug-likeness (QED) is 0.729. The molecule has 0 aliphatic heterocycles. The molecule has 0 bridgehead atoms. The molecule has 3 rings (SSSR count). The lowest BCUT2D eigenvalue weighted by molar-refractivity contribution is 0.446. The van der Waals surface area contributed by atoms with Gasteiger partial charge in [-0.2, -0.15) is 0 Å². The molecule has 0 saturated carbocycles. The Balaban J connectivity index is 1.82. The largest absolute Gasteiger partial charge is 0.467 e. The van der Waals surface area contributed by atoms with E-state index in [0.717, 1.165) is 12.3 Å². The molecule has 0 aliphatic rings. The van der Waals surface area contributed by atoms with Crippen LogP contribution in [0.2, 0.25) is 0 Å². The molecule has 0 aliphatic carbocycles. The fourth-order valence-electron chi connectivity index (χ4n) is 2.55. The molecule has 1 N–H and O–H groups in total. The SMILES string of the molecule is Cc1cc(CNC(c2ccccc2)c2ccco2)c(C)s1. The molecule has 0 radical (unpaired) electrons. The zero-order valence-electron chi connectivity index (χ0n) is 12.3. The van der Waals surface area contributed by atoms with Crippen molar-refractivity contribution in [1.82, 2.24) is 5.32 Å². The maximum Gasteiger partial charge on any atom is 0.125 e. The maximum atomic E-state index is 5.61. The van der Waals surface area contributed by atoms with Crippen molar-refractivity contribution in [3.8, 4) is 0 Å². The van der Waals surface area contributed by atoms with Crippen LogP contribution in [0, 0.1) is 13.8 Å². The predicted octanol–water partition coefficient (Wildman–Crippen LogP) is 4.84. The molecule has 0 spiro atoms. The monoisotopic (exact) mass is 297 g/mol. The summed E-state index contributed by atoms with van der Waals surface area (Å²) in [5.74, 6) is 0.950. The molecular formula is C18H19NOS. The summed E-state index contributed by atoms with van der Waals surface area (Å²) in [5, 5.41) is 3.62. The highest BCUT2D eigenvalue weighted by Crippen LogP contribution is 2.25. The summed E-state index contributed by atoms with van der Waals surface area (Å²) in [6, 6.07) is 16.7. The Morgan fingerprint density at radius 3 is 2.52 bits per heavy atom. The van der Waals surface area contributed by atoms with Crippen LogP contribution in [-0.2, 0) is 6.54 Å². The van der Waals surface area contributed by atoms with Crippen LogP contribution in [0.25, 0.3) is 0 Å². The van der Waals surface area contributed by atoms with Crippen LogP contribution in [0.1, 0.15) is 32.7 Å². The van der Waals surface area contributed by atoms with Gasteiger partial charge in [-0.25, -0.2) is 0 Å². The average Bonchev–Trinajstić information content (AvgIpc) is 3.11. The maximum absolute atomic E-state index is 5.61. The fraction of sp³-hybridized carbons (Fsp3) is 0.222. The van der Waals surface area contributed by atoms with Gasteiger partial charge in [0.1, 0.15) is 5.76 Å². The van der Waals surface area contributed by atoms with Gasteiger partial charge in [0.15, 0.2) is 0 Å². The molecule has 1 atom stereocenters. The number of rotatable bonds is 5. The molecule has 2 nitrogen and oxygen atoms in total. The van der Waals surface area contributed by atoms with E-state index in [-0.39, 0.29) is 6.04 Å². The zero-order valence-corrected chi connectivity index (χ0v) is 13.1. The summed E-state index contributed by atoms with van der Waals surface area (Å²) in [7, 11) is 0. The van der Waals surface area contributed by atoms with Crippen LogP contribution in [0.3, 0.4) is 0 Å². The highest BCUT2D eigenvalue weighted by molar-refractivity contribution is 7.12. The number of hydrogen-bond donors (Lipinski definition) is 1. The molecular weight excluding hydrogens is 278 g/mol. The Morgan fingerprint density at radius 1 is 1.10 bits per heavy atom. The molecule has 108 valence electrons. The third-order valence-corrected chi connectivity index (χ3v) is 4.61. The lowest BCUT2D eigenvalue weighted by atomic mass is 10.0. The van der Waals surface area contributed by atoms with E-state index in [0.29, 0.717) is 0 Å². The van der Waals surface area contributed by atoms with Crippen molar-refractivity contribution in [1.29, 1.82) is 0 Å². The number of benzene rings is 1. The second-order valence-electron chi connectivity index (χ2n) is 5.18. The Hall–Kier alpha value is -1.84. The van der Waals surface area contributed by atoms with Gasteiger partial charge in [-0.15, -0.1) is 11.3 Å². The lowest BCUT2D eigenvalue weighted by Crippen LogP contribution is -2.21. The summed E-state index contributed by atoms with van der Waals surface area (Å²) >= 11 is 1.85. The van der Waals surface area contributed by atoms with Gasteiger partial charge in [0, 0.05) is 16.3 Å². The van der Waals surface area contributed by atoms with Gasteiger partial charge in [0.2, 0.25) is 0 Å². The van der Waals surface area contributed by atoms with E-state index in [1.807, 2.05) is 29.5 Å². The first-order valence-electron chi connectivity index (χ1n) is 7.11. The molecule has 2 heterocycles. The first-order valence-corrected chi connectivity index (χ1v) is 7.93. The van der Waals surface area contributed by atoms with Crippen LogP contribution < -0.4 is 5.32 Å². The zero-order chi connectivity index (χ0) is 14.7. The Morgan fingerprint density at radius 2 is 1.90 bits per heavy atom. The summed E-state index contributed by atoms with van der Waals surface area (Å²) in [4.78, 5) is 2.74. The molecule has 3 aromatic rings. The lowest BCUT2D eigenvalue weighted by Gasteiger charge is -2.17. The van der Waals surface area contributed by atoms with Gasteiger partial charge in [-0.05, 0) is 43.2 Å². The third-order valence-electron chi connectivity index (χ3n) is 3.60. The van der Waals surface area contributed by atoms with Crippen LogP contribution >= 0.6 is 11.3 Å². The molecule has 3 heteroatoms. The molecule has 1 aromatic carbocycles. The summed E-state index contributed by atoms with van der Waals surface area (Å²) in [6.07, 6.45) is 1.73. The molecule has 1 unspecified atom stereocenters. The number of thiophene rings is 1. The molecule has 2 aromatic heterocycles. The normalized spacial score (nSPS) is 12.5. The fourth-order valence-corrected chi connectivity index (χ4v) is 3.50. The number of furan rings is 1. The van der Waals surface area contributed by atoms with Crippen molar-refractivity contribution in [2.75, 3.05) is 0 Å². The van der Waals surface area contributed by atoms with Crippen molar-refractivity contribution in [2.45, 2.75) is 26.4 Å². The van der Waals surface area contributed by atoms with Crippen molar-refractivity contribution < 1.29 is 4.42 Å². The second-order valence-corrected chi connectivity index (χ2v) is 6.64. The van der Waals surface area contributed by atoms with E-state index >= 15 is 0 Å². The Labute approximate surface area is 129 Å². The molecule has 0 saturated heterocycles. The standard InChI is InChI=1S/C18H19NOS/c1-13-11-16(14(2)21-13)12-19-18(17-9-6-10-20-17)15-7-4-3-5-8-15/h3-11,18-19H,12H2,1-2H3. The van der Waals surface area contributed by atoms with Gasteiger partial charge in [0.05, 0.1) is 12.3 Å².